The third kappa shape index (κ3) is 1.68. The van der Waals surface area contributed by atoms with Gasteiger partial charge in [-0.2, -0.15) is 4.68 Å². The molecule has 84 valence electrons. The molecule has 2 aromatic heterocycles. The van der Waals surface area contributed by atoms with E-state index in [-0.39, 0.29) is 11.1 Å². The van der Waals surface area contributed by atoms with Gasteiger partial charge in [0.2, 0.25) is 5.13 Å². The lowest BCUT2D eigenvalue weighted by Gasteiger charge is -1.97. The van der Waals surface area contributed by atoms with Gasteiger partial charge in [-0.1, -0.05) is 23.5 Å². The zero-order valence-corrected chi connectivity index (χ0v) is 9.40. The molecular formula is C11H7N3O2S. The highest BCUT2D eigenvalue weighted by molar-refractivity contribution is 7.20. The van der Waals surface area contributed by atoms with Crippen LogP contribution in [0.5, 0.6) is 0 Å². The number of H-pyrrole nitrogens is 1. The molecule has 2 heterocycles. The minimum Gasteiger partial charge on any atom is -0.268 e. The largest absolute Gasteiger partial charge is 0.272 e. The Morgan fingerprint density at radius 1 is 1.12 bits per heavy atom. The molecule has 0 fully saturated rings. The summed E-state index contributed by atoms with van der Waals surface area (Å²) in [6.45, 7) is 0. The molecule has 0 aliphatic carbocycles. The highest BCUT2D eigenvalue weighted by atomic mass is 32.1. The zero-order chi connectivity index (χ0) is 11.8. The molecule has 0 saturated heterocycles. The highest BCUT2D eigenvalue weighted by Gasteiger charge is 2.06. The van der Waals surface area contributed by atoms with E-state index in [2.05, 4.69) is 10.1 Å². The normalized spacial score (nSPS) is 10.8. The number of nitrogens with one attached hydrogen (secondary N) is 1. The minimum atomic E-state index is -0.330. The molecular weight excluding hydrogens is 238 g/mol. The standard InChI is InChI=1S/C11H7N3O2S/c15-9-5-6-10(16)14(13-9)11-12-7-3-1-2-4-8(7)17-11/h1-6H,(H,13,15). The fourth-order valence-electron chi connectivity index (χ4n) is 1.52. The molecule has 5 nitrogen and oxygen atoms in total. The average molecular weight is 245 g/mol. The number of rotatable bonds is 1. The van der Waals surface area contributed by atoms with Crippen LogP contribution in [0.1, 0.15) is 0 Å². The average Bonchev–Trinajstić information content (AvgIpc) is 2.75. The molecule has 0 bridgehead atoms. The van der Waals surface area contributed by atoms with Crippen molar-refractivity contribution in [2.75, 3.05) is 0 Å². The van der Waals surface area contributed by atoms with Crippen molar-refractivity contribution in [3.05, 3.63) is 57.1 Å². The Morgan fingerprint density at radius 3 is 2.76 bits per heavy atom. The third-order valence-electron chi connectivity index (χ3n) is 2.29. The highest BCUT2D eigenvalue weighted by Crippen LogP contribution is 2.22. The smallest absolute Gasteiger partial charge is 0.268 e. The topological polar surface area (TPSA) is 67.8 Å². The molecule has 3 rings (SSSR count). The van der Waals surface area contributed by atoms with Gasteiger partial charge in [0.05, 0.1) is 10.2 Å². The summed E-state index contributed by atoms with van der Waals surface area (Å²) < 4.78 is 2.13. The van der Waals surface area contributed by atoms with Gasteiger partial charge in [0.1, 0.15) is 0 Å². The van der Waals surface area contributed by atoms with E-state index in [1.54, 1.807) is 0 Å². The lowest BCUT2D eigenvalue weighted by molar-refractivity contribution is 0.781. The molecule has 0 spiro atoms. The number of fused-ring (bicyclic) bond motifs is 1. The van der Waals surface area contributed by atoms with Crippen molar-refractivity contribution < 1.29 is 0 Å². The van der Waals surface area contributed by atoms with Gasteiger partial charge in [-0.05, 0) is 12.1 Å². The van der Waals surface area contributed by atoms with E-state index in [4.69, 9.17) is 0 Å². The molecule has 0 unspecified atom stereocenters. The van der Waals surface area contributed by atoms with E-state index in [1.807, 2.05) is 24.3 Å². The molecule has 0 radical (unpaired) electrons. The maximum absolute atomic E-state index is 11.6. The van der Waals surface area contributed by atoms with Crippen LogP contribution in [0.4, 0.5) is 0 Å². The van der Waals surface area contributed by atoms with Crippen molar-refractivity contribution >= 4 is 21.6 Å². The van der Waals surface area contributed by atoms with Crippen LogP contribution in [0, 0.1) is 0 Å². The Morgan fingerprint density at radius 2 is 1.94 bits per heavy atom. The summed E-state index contributed by atoms with van der Waals surface area (Å²) in [5.74, 6) is 0. The van der Waals surface area contributed by atoms with Crippen molar-refractivity contribution in [3.8, 4) is 5.13 Å². The van der Waals surface area contributed by atoms with Gasteiger partial charge < -0.3 is 0 Å². The molecule has 1 N–H and O–H groups in total. The lowest BCUT2D eigenvalue weighted by atomic mass is 10.3. The molecule has 6 heteroatoms. The van der Waals surface area contributed by atoms with Crippen molar-refractivity contribution in [3.63, 3.8) is 0 Å². The Hall–Kier alpha value is -2.21. The summed E-state index contributed by atoms with van der Waals surface area (Å²) in [6, 6.07) is 9.99. The van der Waals surface area contributed by atoms with Crippen LogP contribution >= 0.6 is 11.3 Å². The van der Waals surface area contributed by atoms with Gasteiger partial charge in [0, 0.05) is 12.1 Å². The van der Waals surface area contributed by atoms with E-state index >= 15 is 0 Å². The Balaban J connectivity index is 2.31. The quantitative estimate of drug-likeness (QED) is 0.699. The second kappa shape index (κ2) is 3.67. The summed E-state index contributed by atoms with van der Waals surface area (Å²) in [4.78, 5) is 27.1. The molecule has 0 aliphatic rings. The van der Waals surface area contributed by atoms with Gasteiger partial charge in [0.25, 0.3) is 11.1 Å². The van der Waals surface area contributed by atoms with Gasteiger partial charge in [-0.3, -0.25) is 14.7 Å². The Labute approximate surface area is 99.0 Å². The number of hydrogen-bond donors (Lipinski definition) is 1. The van der Waals surface area contributed by atoms with Gasteiger partial charge >= 0.3 is 0 Å². The molecule has 3 aromatic rings. The predicted octanol–water partition coefficient (Wildman–Crippen LogP) is 1.14. The minimum absolute atomic E-state index is 0.302. The summed E-state index contributed by atoms with van der Waals surface area (Å²) in [6.07, 6.45) is 0. The fraction of sp³-hybridized carbons (Fsp3) is 0. The summed E-state index contributed by atoms with van der Waals surface area (Å²) in [5.41, 5.74) is 0.177. The number of nitrogens with zero attached hydrogens (tertiary/aromatic N) is 2. The SMILES string of the molecule is O=c1ccc(=O)n(-c2nc3ccccc3s2)[nH]1. The van der Waals surface area contributed by atoms with E-state index in [1.165, 1.54) is 23.5 Å². The second-order valence-electron chi connectivity index (χ2n) is 3.45. The lowest BCUT2D eigenvalue weighted by Crippen LogP contribution is -2.26. The second-order valence-corrected chi connectivity index (χ2v) is 4.46. The van der Waals surface area contributed by atoms with Crippen molar-refractivity contribution in [1.29, 1.82) is 0 Å². The molecule has 1 aromatic carbocycles. The van der Waals surface area contributed by atoms with Gasteiger partial charge in [0.15, 0.2) is 0 Å². The first-order valence-electron chi connectivity index (χ1n) is 4.92. The van der Waals surface area contributed by atoms with E-state index in [0.29, 0.717) is 5.13 Å². The first-order valence-corrected chi connectivity index (χ1v) is 5.74. The number of hydrogen-bond acceptors (Lipinski definition) is 4. The van der Waals surface area contributed by atoms with Crippen LogP contribution in [0.25, 0.3) is 15.3 Å². The van der Waals surface area contributed by atoms with Crippen LogP contribution < -0.4 is 11.1 Å². The Bertz CT molecular complexity index is 767. The van der Waals surface area contributed by atoms with Crippen LogP contribution in [0.2, 0.25) is 0 Å². The van der Waals surface area contributed by atoms with Gasteiger partial charge in [-0.25, -0.2) is 4.98 Å². The summed E-state index contributed by atoms with van der Waals surface area (Å²) >= 11 is 1.35. The third-order valence-corrected chi connectivity index (χ3v) is 3.32. The maximum Gasteiger partial charge on any atom is 0.272 e. The Kier molecular flexibility index (Phi) is 2.15. The number of benzene rings is 1. The molecule has 0 amide bonds. The van der Waals surface area contributed by atoms with Crippen LogP contribution in [-0.4, -0.2) is 14.8 Å². The monoisotopic (exact) mass is 245 g/mol. The predicted molar refractivity (Wildman–Crippen MR) is 65.8 cm³/mol. The molecule has 17 heavy (non-hydrogen) atoms. The summed E-state index contributed by atoms with van der Waals surface area (Å²) in [5, 5.41) is 2.92. The number of thiazole rings is 1. The number of aromatic nitrogens is 3. The number of para-hydroxylation sites is 1. The van der Waals surface area contributed by atoms with Crippen LogP contribution in [0.15, 0.2) is 46.0 Å². The molecule has 0 aliphatic heterocycles. The van der Waals surface area contributed by atoms with Crippen LogP contribution in [-0.2, 0) is 0 Å². The zero-order valence-electron chi connectivity index (χ0n) is 8.58. The molecule has 0 saturated carbocycles. The van der Waals surface area contributed by atoms with Crippen molar-refractivity contribution in [1.82, 2.24) is 14.8 Å². The van der Waals surface area contributed by atoms with Gasteiger partial charge in [-0.15, -0.1) is 0 Å². The van der Waals surface area contributed by atoms with E-state index < -0.39 is 0 Å². The van der Waals surface area contributed by atoms with E-state index in [0.717, 1.165) is 14.9 Å². The molecule has 0 atom stereocenters. The summed E-state index contributed by atoms with van der Waals surface area (Å²) in [7, 11) is 0. The van der Waals surface area contributed by atoms with Crippen molar-refractivity contribution in [2.45, 2.75) is 0 Å². The van der Waals surface area contributed by atoms with Crippen molar-refractivity contribution in [2.24, 2.45) is 0 Å². The van der Waals surface area contributed by atoms with Crippen LogP contribution in [0.3, 0.4) is 0 Å². The maximum atomic E-state index is 11.6. The first-order chi connectivity index (χ1) is 8.24. The first kappa shape index (κ1) is 9.98. The van der Waals surface area contributed by atoms with E-state index in [9.17, 15) is 9.59 Å². The number of aromatic amines is 1. The fourth-order valence-corrected chi connectivity index (χ4v) is 2.45.